The number of esters is 2. The number of ether oxygens (including phenoxy) is 2. The molecule has 1 aromatic heterocycles. The van der Waals surface area contributed by atoms with E-state index >= 15 is 0 Å². The van der Waals surface area contributed by atoms with E-state index in [1.807, 2.05) is 30.3 Å². The Labute approximate surface area is 144 Å². The molecular formula is C19H15NO5. The summed E-state index contributed by atoms with van der Waals surface area (Å²) in [7, 11) is 1.30. The number of nitrogens with zero attached hydrogens (tertiary/aromatic N) is 1. The van der Waals surface area contributed by atoms with E-state index in [9.17, 15) is 9.59 Å². The third kappa shape index (κ3) is 3.58. The minimum Gasteiger partial charge on any atom is -0.465 e. The Hall–Kier alpha value is -3.41. The number of carbonyl (C=O) groups is 2. The van der Waals surface area contributed by atoms with Crippen LogP contribution in [0.5, 0.6) is 5.75 Å². The zero-order chi connectivity index (χ0) is 17.8. The number of benzene rings is 2. The van der Waals surface area contributed by atoms with Gasteiger partial charge in [0.1, 0.15) is 11.5 Å². The average Bonchev–Trinajstić information content (AvgIpc) is 3.04. The van der Waals surface area contributed by atoms with E-state index in [1.54, 1.807) is 6.92 Å². The smallest absolute Gasteiger partial charge is 0.366 e. The molecule has 1 heterocycles. The molecule has 0 N–H and O–H groups in total. The lowest BCUT2D eigenvalue weighted by atomic mass is 10.2. The maximum Gasteiger partial charge on any atom is 0.366 e. The number of oxazole rings is 1. The molecule has 3 rings (SSSR count). The van der Waals surface area contributed by atoms with Gasteiger partial charge in [0.05, 0.1) is 12.7 Å². The molecule has 0 atom stereocenters. The molecule has 3 aromatic rings. The summed E-state index contributed by atoms with van der Waals surface area (Å²) in [5.74, 6) is -0.0746. The van der Waals surface area contributed by atoms with Crippen molar-refractivity contribution in [3.63, 3.8) is 0 Å². The van der Waals surface area contributed by atoms with Gasteiger partial charge in [-0.15, -0.1) is 0 Å². The number of rotatable bonds is 4. The molecule has 0 aliphatic heterocycles. The normalized spacial score (nSPS) is 10.3. The monoisotopic (exact) mass is 337 g/mol. The van der Waals surface area contributed by atoms with Crippen molar-refractivity contribution in [2.24, 2.45) is 0 Å². The Balaban J connectivity index is 1.78. The first-order valence-corrected chi connectivity index (χ1v) is 7.52. The maximum absolute atomic E-state index is 12.3. The van der Waals surface area contributed by atoms with Gasteiger partial charge in [-0.3, -0.25) is 0 Å². The summed E-state index contributed by atoms with van der Waals surface area (Å²) in [6.45, 7) is 1.65. The van der Waals surface area contributed by atoms with Crippen molar-refractivity contribution in [2.75, 3.05) is 7.11 Å². The van der Waals surface area contributed by atoms with Crippen molar-refractivity contribution in [3.8, 4) is 17.2 Å². The molecule has 0 fully saturated rings. The molecule has 6 nitrogen and oxygen atoms in total. The molecule has 0 amide bonds. The van der Waals surface area contributed by atoms with E-state index in [2.05, 4.69) is 9.72 Å². The lowest BCUT2D eigenvalue weighted by Gasteiger charge is -2.03. The second-order valence-electron chi connectivity index (χ2n) is 5.20. The summed E-state index contributed by atoms with van der Waals surface area (Å²) < 4.78 is 15.5. The summed E-state index contributed by atoms with van der Waals surface area (Å²) in [5, 5.41) is 0. The largest absolute Gasteiger partial charge is 0.465 e. The van der Waals surface area contributed by atoms with Crippen LogP contribution in [0.1, 0.15) is 26.6 Å². The molecule has 25 heavy (non-hydrogen) atoms. The highest BCUT2D eigenvalue weighted by molar-refractivity contribution is 5.91. The topological polar surface area (TPSA) is 78.6 Å². The molecule has 0 unspecified atom stereocenters. The van der Waals surface area contributed by atoms with Crippen LogP contribution in [0, 0.1) is 6.92 Å². The number of aromatic nitrogens is 1. The standard InChI is InChI=1S/C19H15NO5/c1-12-16(20-17(24-12)13-6-4-3-5-7-13)19(22)25-15-10-8-14(9-11-15)18(21)23-2/h3-11H,1-2H3. The molecule has 6 heteroatoms. The van der Waals surface area contributed by atoms with Crippen LogP contribution in [0.25, 0.3) is 11.5 Å². The summed E-state index contributed by atoms with van der Waals surface area (Å²) in [6.07, 6.45) is 0. The third-order valence-corrected chi connectivity index (χ3v) is 3.50. The molecule has 2 aromatic carbocycles. The van der Waals surface area contributed by atoms with Crippen molar-refractivity contribution < 1.29 is 23.5 Å². The minimum absolute atomic E-state index is 0.107. The van der Waals surface area contributed by atoms with Crippen LogP contribution in [-0.2, 0) is 4.74 Å². The fourth-order valence-electron chi connectivity index (χ4n) is 2.22. The van der Waals surface area contributed by atoms with Gasteiger partial charge in [0.15, 0.2) is 5.69 Å². The lowest BCUT2D eigenvalue weighted by Crippen LogP contribution is -2.10. The summed E-state index contributed by atoms with van der Waals surface area (Å²) in [5.41, 5.74) is 1.24. The highest BCUT2D eigenvalue weighted by Gasteiger charge is 2.20. The Kier molecular flexibility index (Phi) is 4.61. The number of hydrogen-bond acceptors (Lipinski definition) is 6. The number of carbonyl (C=O) groups excluding carboxylic acids is 2. The van der Waals surface area contributed by atoms with Gasteiger partial charge in [0, 0.05) is 5.56 Å². The predicted molar refractivity (Wildman–Crippen MR) is 89.4 cm³/mol. The van der Waals surface area contributed by atoms with E-state index in [1.165, 1.54) is 31.4 Å². The zero-order valence-corrected chi connectivity index (χ0v) is 13.7. The van der Waals surface area contributed by atoms with E-state index < -0.39 is 11.9 Å². The van der Waals surface area contributed by atoms with Gasteiger partial charge in [-0.1, -0.05) is 18.2 Å². The number of aryl methyl sites for hydroxylation is 1. The van der Waals surface area contributed by atoms with Gasteiger partial charge in [-0.25, -0.2) is 14.6 Å². The van der Waals surface area contributed by atoms with E-state index in [0.29, 0.717) is 23.0 Å². The van der Waals surface area contributed by atoms with Crippen LogP contribution in [0.4, 0.5) is 0 Å². The molecular weight excluding hydrogens is 322 g/mol. The van der Waals surface area contributed by atoms with Crippen molar-refractivity contribution in [3.05, 3.63) is 71.6 Å². The molecule has 0 spiro atoms. The maximum atomic E-state index is 12.3. The van der Waals surface area contributed by atoms with Crippen molar-refractivity contribution >= 4 is 11.9 Å². The number of hydrogen-bond donors (Lipinski definition) is 0. The van der Waals surface area contributed by atoms with Gasteiger partial charge in [0.2, 0.25) is 5.89 Å². The van der Waals surface area contributed by atoms with Crippen LogP contribution in [0.15, 0.2) is 59.0 Å². The summed E-state index contributed by atoms with van der Waals surface area (Å²) >= 11 is 0. The summed E-state index contributed by atoms with van der Waals surface area (Å²) in [4.78, 5) is 27.9. The molecule has 126 valence electrons. The van der Waals surface area contributed by atoms with E-state index in [-0.39, 0.29) is 5.69 Å². The Morgan fingerprint density at radius 3 is 2.28 bits per heavy atom. The van der Waals surface area contributed by atoms with Gasteiger partial charge < -0.3 is 13.9 Å². The second-order valence-corrected chi connectivity index (χ2v) is 5.20. The minimum atomic E-state index is -0.630. The van der Waals surface area contributed by atoms with E-state index in [4.69, 9.17) is 9.15 Å². The first-order chi connectivity index (χ1) is 12.1. The molecule has 0 aliphatic carbocycles. The van der Waals surface area contributed by atoms with Crippen LogP contribution < -0.4 is 4.74 Å². The van der Waals surface area contributed by atoms with Crippen LogP contribution in [-0.4, -0.2) is 24.0 Å². The molecule has 0 aliphatic rings. The fourth-order valence-corrected chi connectivity index (χ4v) is 2.22. The Bertz CT molecular complexity index is 897. The molecule has 0 bridgehead atoms. The second kappa shape index (κ2) is 7.00. The predicted octanol–water partition coefficient (Wildman–Crippen LogP) is 3.66. The van der Waals surface area contributed by atoms with Gasteiger partial charge in [-0.2, -0.15) is 0 Å². The van der Waals surface area contributed by atoms with Crippen molar-refractivity contribution in [1.29, 1.82) is 0 Å². The average molecular weight is 337 g/mol. The molecule has 0 saturated heterocycles. The Morgan fingerprint density at radius 1 is 0.960 bits per heavy atom. The van der Waals surface area contributed by atoms with Gasteiger partial charge >= 0.3 is 11.9 Å². The molecule has 0 saturated carbocycles. The van der Waals surface area contributed by atoms with Crippen molar-refractivity contribution in [1.82, 2.24) is 4.98 Å². The first kappa shape index (κ1) is 16.4. The first-order valence-electron chi connectivity index (χ1n) is 7.52. The van der Waals surface area contributed by atoms with Gasteiger partial charge in [0.25, 0.3) is 0 Å². The highest BCUT2D eigenvalue weighted by atomic mass is 16.5. The van der Waals surface area contributed by atoms with Gasteiger partial charge in [-0.05, 0) is 43.3 Å². The van der Waals surface area contributed by atoms with Crippen molar-refractivity contribution in [2.45, 2.75) is 6.92 Å². The lowest BCUT2D eigenvalue weighted by molar-refractivity contribution is 0.0600. The Morgan fingerprint density at radius 2 is 1.64 bits per heavy atom. The van der Waals surface area contributed by atoms with Crippen LogP contribution in [0.2, 0.25) is 0 Å². The quantitative estimate of drug-likeness (QED) is 0.534. The SMILES string of the molecule is COC(=O)c1ccc(OC(=O)c2nc(-c3ccccc3)oc2C)cc1. The summed E-state index contributed by atoms with van der Waals surface area (Å²) in [6, 6.07) is 15.3. The zero-order valence-electron chi connectivity index (χ0n) is 13.7. The highest BCUT2D eigenvalue weighted by Crippen LogP contribution is 2.22. The van der Waals surface area contributed by atoms with Crippen LogP contribution >= 0.6 is 0 Å². The van der Waals surface area contributed by atoms with E-state index in [0.717, 1.165) is 5.56 Å². The fraction of sp³-hybridized carbons (Fsp3) is 0.105. The number of methoxy groups -OCH3 is 1. The molecule has 0 radical (unpaired) electrons. The van der Waals surface area contributed by atoms with Crippen LogP contribution in [0.3, 0.4) is 0 Å². The third-order valence-electron chi connectivity index (χ3n) is 3.50.